The van der Waals surface area contributed by atoms with Crippen LogP contribution in [0.4, 0.5) is 0 Å². The van der Waals surface area contributed by atoms with Gasteiger partial charge in [0.15, 0.2) is 11.2 Å². The molecular formula is C16H12N2O3. The fourth-order valence-corrected chi connectivity index (χ4v) is 2.11. The number of rotatable bonds is 2. The van der Waals surface area contributed by atoms with E-state index in [1.165, 1.54) is 4.57 Å². The van der Waals surface area contributed by atoms with Crippen LogP contribution in [0, 0.1) is 11.8 Å². The first-order chi connectivity index (χ1) is 10.3. The van der Waals surface area contributed by atoms with E-state index in [1.54, 1.807) is 18.3 Å². The maximum atomic E-state index is 11.9. The van der Waals surface area contributed by atoms with Crippen LogP contribution < -0.4 is 5.76 Å². The van der Waals surface area contributed by atoms with Crippen LogP contribution in [0.2, 0.25) is 0 Å². The molecule has 0 atom stereocenters. The second-order valence-electron chi connectivity index (χ2n) is 4.44. The monoisotopic (exact) mass is 280 g/mol. The van der Waals surface area contributed by atoms with Gasteiger partial charge in [-0.05, 0) is 29.8 Å². The van der Waals surface area contributed by atoms with Gasteiger partial charge in [0.1, 0.15) is 6.61 Å². The Balaban J connectivity index is 1.99. The molecule has 2 aromatic heterocycles. The Labute approximate surface area is 120 Å². The first kappa shape index (κ1) is 13.2. The quantitative estimate of drug-likeness (QED) is 0.720. The molecule has 5 nitrogen and oxygen atoms in total. The molecule has 0 fully saturated rings. The molecule has 0 saturated carbocycles. The summed E-state index contributed by atoms with van der Waals surface area (Å²) in [7, 11) is 0. The van der Waals surface area contributed by atoms with Crippen molar-refractivity contribution in [3.8, 4) is 11.8 Å². The molecule has 0 spiro atoms. The highest BCUT2D eigenvalue weighted by atomic mass is 16.4. The maximum Gasteiger partial charge on any atom is 0.421 e. The Morgan fingerprint density at radius 1 is 1.29 bits per heavy atom. The van der Waals surface area contributed by atoms with Crippen molar-refractivity contribution in [2.75, 3.05) is 6.61 Å². The van der Waals surface area contributed by atoms with E-state index in [0.717, 1.165) is 11.1 Å². The van der Waals surface area contributed by atoms with Crippen molar-refractivity contribution in [1.29, 1.82) is 0 Å². The Morgan fingerprint density at radius 3 is 3.05 bits per heavy atom. The molecule has 3 rings (SSSR count). The zero-order valence-electron chi connectivity index (χ0n) is 11.1. The molecule has 0 saturated heterocycles. The number of aliphatic hydroxyl groups excluding tert-OH is 1. The molecule has 5 heteroatoms. The Morgan fingerprint density at radius 2 is 2.19 bits per heavy atom. The smallest absolute Gasteiger partial charge is 0.406 e. The van der Waals surface area contributed by atoms with Gasteiger partial charge in [-0.25, -0.2) is 9.78 Å². The zero-order chi connectivity index (χ0) is 14.7. The van der Waals surface area contributed by atoms with Gasteiger partial charge in [-0.15, -0.1) is 0 Å². The maximum absolute atomic E-state index is 11.9. The van der Waals surface area contributed by atoms with Gasteiger partial charge < -0.3 is 9.52 Å². The number of pyridine rings is 1. The van der Waals surface area contributed by atoms with Crippen LogP contribution in [0.25, 0.3) is 11.2 Å². The fraction of sp³-hybridized carbons (Fsp3) is 0.125. The number of aliphatic hydroxyl groups is 1. The van der Waals surface area contributed by atoms with E-state index in [0.29, 0.717) is 17.8 Å². The molecule has 104 valence electrons. The van der Waals surface area contributed by atoms with Crippen LogP contribution in [-0.4, -0.2) is 21.3 Å². The number of hydrogen-bond donors (Lipinski definition) is 1. The number of fused-ring (bicyclic) bond motifs is 1. The molecule has 0 radical (unpaired) electrons. The van der Waals surface area contributed by atoms with Gasteiger partial charge in [-0.2, -0.15) is 0 Å². The summed E-state index contributed by atoms with van der Waals surface area (Å²) in [6.07, 6.45) is 1.62. The van der Waals surface area contributed by atoms with Crippen molar-refractivity contribution in [1.82, 2.24) is 9.55 Å². The van der Waals surface area contributed by atoms with Crippen LogP contribution in [-0.2, 0) is 6.54 Å². The predicted octanol–water partition coefficient (Wildman–Crippen LogP) is 1.38. The zero-order valence-corrected chi connectivity index (χ0v) is 11.1. The van der Waals surface area contributed by atoms with Crippen molar-refractivity contribution in [3.05, 3.63) is 64.3 Å². The Hall–Kier alpha value is -2.84. The minimum absolute atomic E-state index is 0.181. The number of benzene rings is 1. The van der Waals surface area contributed by atoms with Gasteiger partial charge in [0.05, 0.1) is 6.54 Å². The molecule has 0 aliphatic heterocycles. The van der Waals surface area contributed by atoms with Gasteiger partial charge in [-0.1, -0.05) is 24.0 Å². The first-order valence-corrected chi connectivity index (χ1v) is 6.41. The van der Waals surface area contributed by atoms with Gasteiger partial charge in [-0.3, -0.25) is 4.57 Å². The lowest BCUT2D eigenvalue weighted by Crippen LogP contribution is -2.15. The van der Waals surface area contributed by atoms with E-state index >= 15 is 0 Å². The van der Waals surface area contributed by atoms with Crippen LogP contribution >= 0.6 is 0 Å². The number of nitrogens with zero attached hydrogens (tertiary/aromatic N) is 2. The molecule has 0 aliphatic carbocycles. The van der Waals surface area contributed by atoms with Crippen LogP contribution in [0.5, 0.6) is 0 Å². The highest BCUT2D eigenvalue weighted by molar-refractivity contribution is 5.67. The molecule has 0 bridgehead atoms. The topological polar surface area (TPSA) is 68.3 Å². The summed E-state index contributed by atoms with van der Waals surface area (Å²) < 4.78 is 6.63. The van der Waals surface area contributed by atoms with Crippen molar-refractivity contribution >= 4 is 11.2 Å². The number of hydrogen-bond acceptors (Lipinski definition) is 4. The minimum Gasteiger partial charge on any atom is -0.406 e. The second kappa shape index (κ2) is 5.65. The molecule has 0 amide bonds. The van der Waals surface area contributed by atoms with Crippen molar-refractivity contribution < 1.29 is 9.52 Å². The highest BCUT2D eigenvalue weighted by Crippen LogP contribution is 2.12. The fourth-order valence-electron chi connectivity index (χ4n) is 2.11. The van der Waals surface area contributed by atoms with Gasteiger partial charge in [0.2, 0.25) is 0 Å². The summed E-state index contributed by atoms with van der Waals surface area (Å²) in [4.78, 5) is 16.1. The summed E-state index contributed by atoms with van der Waals surface area (Å²) in [5, 5.41) is 8.72. The van der Waals surface area contributed by atoms with Crippen LogP contribution in [0.15, 0.2) is 51.8 Å². The van der Waals surface area contributed by atoms with E-state index in [2.05, 4.69) is 16.8 Å². The molecular weight excluding hydrogens is 268 g/mol. The lowest BCUT2D eigenvalue weighted by atomic mass is 10.1. The lowest BCUT2D eigenvalue weighted by Gasteiger charge is -2.02. The average molecular weight is 280 g/mol. The van der Waals surface area contributed by atoms with Crippen molar-refractivity contribution in [2.24, 2.45) is 0 Å². The SMILES string of the molecule is O=c1oc2cccnc2n1Cc1cccc(C#CCO)c1. The molecule has 1 aromatic carbocycles. The summed E-state index contributed by atoms with van der Waals surface area (Å²) >= 11 is 0. The van der Waals surface area contributed by atoms with Crippen LogP contribution in [0.3, 0.4) is 0 Å². The molecule has 3 aromatic rings. The van der Waals surface area contributed by atoms with Gasteiger partial charge >= 0.3 is 5.76 Å². The van der Waals surface area contributed by atoms with Crippen LogP contribution in [0.1, 0.15) is 11.1 Å². The van der Waals surface area contributed by atoms with Gasteiger partial charge in [0, 0.05) is 11.8 Å². The van der Waals surface area contributed by atoms with E-state index in [1.807, 2.05) is 24.3 Å². The van der Waals surface area contributed by atoms with E-state index in [-0.39, 0.29) is 6.61 Å². The van der Waals surface area contributed by atoms with E-state index in [9.17, 15) is 4.79 Å². The summed E-state index contributed by atoms with van der Waals surface area (Å²) in [6, 6.07) is 10.9. The van der Waals surface area contributed by atoms with E-state index in [4.69, 9.17) is 9.52 Å². The summed E-state index contributed by atoms with van der Waals surface area (Å²) in [6.45, 7) is 0.178. The molecule has 0 unspecified atom stereocenters. The van der Waals surface area contributed by atoms with Crippen molar-refractivity contribution in [2.45, 2.75) is 6.54 Å². The predicted molar refractivity (Wildman–Crippen MR) is 77.8 cm³/mol. The first-order valence-electron chi connectivity index (χ1n) is 6.41. The van der Waals surface area contributed by atoms with E-state index < -0.39 is 5.76 Å². The lowest BCUT2D eigenvalue weighted by molar-refractivity contribution is 0.350. The normalized spacial score (nSPS) is 10.3. The molecule has 21 heavy (non-hydrogen) atoms. The third-order valence-corrected chi connectivity index (χ3v) is 3.00. The summed E-state index contributed by atoms with van der Waals surface area (Å²) in [5.41, 5.74) is 2.69. The Kier molecular flexibility index (Phi) is 3.54. The Bertz CT molecular complexity index is 897. The third kappa shape index (κ3) is 2.71. The molecule has 2 heterocycles. The van der Waals surface area contributed by atoms with Gasteiger partial charge in [0.25, 0.3) is 0 Å². The number of aromatic nitrogens is 2. The summed E-state index contributed by atoms with van der Waals surface area (Å²) in [5.74, 6) is 5.00. The third-order valence-electron chi connectivity index (χ3n) is 3.00. The number of oxazole rings is 1. The largest absolute Gasteiger partial charge is 0.421 e. The second-order valence-corrected chi connectivity index (χ2v) is 4.44. The highest BCUT2D eigenvalue weighted by Gasteiger charge is 2.10. The standard InChI is InChI=1S/C16H12N2O3/c19-9-3-6-12-4-1-5-13(10-12)11-18-15-14(21-16(18)20)7-2-8-17-15/h1-2,4-5,7-8,10,19H,9,11H2. The molecule has 1 N–H and O–H groups in total. The minimum atomic E-state index is -0.435. The average Bonchev–Trinajstić information content (AvgIpc) is 2.82. The molecule has 0 aliphatic rings. The van der Waals surface area contributed by atoms with Crippen molar-refractivity contribution in [3.63, 3.8) is 0 Å².